The van der Waals surface area contributed by atoms with Gasteiger partial charge < -0.3 is 5.32 Å². The number of hydrogen-bond donors (Lipinski definition) is 1. The zero-order valence-corrected chi connectivity index (χ0v) is 11.9. The first-order valence-electron chi connectivity index (χ1n) is 6.20. The zero-order valence-electron chi connectivity index (χ0n) is 11.2. The number of nitrogens with zero attached hydrogens (tertiary/aromatic N) is 1. The van der Waals surface area contributed by atoms with Crippen LogP contribution in [0.3, 0.4) is 0 Å². The summed E-state index contributed by atoms with van der Waals surface area (Å²) in [5, 5.41) is 12.4. The van der Waals surface area contributed by atoms with Gasteiger partial charge >= 0.3 is 6.18 Å². The van der Waals surface area contributed by atoms with E-state index in [-0.39, 0.29) is 11.3 Å². The monoisotopic (exact) mass is 322 g/mol. The number of rotatable bonds is 3. The molecule has 0 radical (unpaired) electrons. The Labute approximate surface area is 130 Å². The molecule has 0 amide bonds. The predicted octanol–water partition coefficient (Wildman–Crippen LogP) is 5.34. The number of benzene rings is 2. The highest BCUT2D eigenvalue weighted by atomic mass is 35.5. The Morgan fingerprint density at radius 1 is 1.14 bits per heavy atom. The van der Waals surface area contributed by atoms with Crippen LogP contribution in [0, 0.1) is 11.3 Å². The average molecular weight is 323 g/mol. The van der Waals surface area contributed by atoms with Crippen molar-refractivity contribution in [2.45, 2.75) is 6.18 Å². The van der Waals surface area contributed by atoms with E-state index in [2.05, 4.69) is 5.32 Å². The van der Waals surface area contributed by atoms with Crippen molar-refractivity contribution in [1.29, 1.82) is 5.26 Å². The van der Waals surface area contributed by atoms with Gasteiger partial charge in [0.1, 0.15) is 6.07 Å². The molecule has 0 atom stereocenters. The lowest BCUT2D eigenvalue weighted by Gasteiger charge is -2.09. The fourth-order valence-electron chi connectivity index (χ4n) is 1.75. The minimum atomic E-state index is -4.41. The van der Waals surface area contributed by atoms with E-state index < -0.39 is 11.7 Å². The van der Waals surface area contributed by atoms with E-state index in [1.165, 1.54) is 18.3 Å². The first-order chi connectivity index (χ1) is 10.4. The molecular formula is C16H10ClF3N2. The van der Waals surface area contributed by atoms with E-state index in [9.17, 15) is 13.2 Å². The standard InChI is InChI=1S/C16H10ClF3N2/c17-14-6-4-11(5-7-14)12(9-21)10-22-15-3-1-2-13(8-15)16(18,19)20/h1-8,10,22H. The predicted molar refractivity (Wildman–Crippen MR) is 80.1 cm³/mol. The molecule has 6 heteroatoms. The van der Waals surface area contributed by atoms with Crippen molar-refractivity contribution in [1.82, 2.24) is 0 Å². The molecule has 0 aliphatic rings. The van der Waals surface area contributed by atoms with Crippen LogP contribution in [0.1, 0.15) is 11.1 Å². The molecule has 1 N–H and O–H groups in total. The second-order valence-electron chi connectivity index (χ2n) is 4.40. The Balaban J connectivity index is 2.23. The number of anilines is 1. The Morgan fingerprint density at radius 2 is 1.82 bits per heavy atom. The Hall–Kier alpha value is -2.45. The second-order valence-corrected chi connectivity index (χ2v) is 4.84. The van der Waals surface area contributed by atoms with Crippen LogP contribution in [-0.4, -0.2) is 0 Å². The average Bonchev–Trinajstić information content (AvgIpc) is 2.49. The molecule has 0 aliphatic carbocycles. The van der Waals surface area contributed by atoms with Crippen LogP contribution in [0.15, 0.2) is 54.7 Å². The minimum absolute atomic E-state index is 0.247. The van der Waals surface area contributed by atoms with Crippen LogP contribution in [0.5, 0.6) is 0 Å². The molecule has 0 aliphatic heterocycles. The van der Waals surface area contributed by atoms with Crippen LogP contribution in [-0.2, 0) is 6.18 Å². The molecule has 2 rings (SSSR count). The van der Waals surface area contributed by atoms with Gasteiger partial charge in [0.05, 0.1) is 11.1 Å². The first kappa shape index (κ1) is 15.9. The number of alkyl halides is 3. The third kappa shape index (κ3) is 4.03. The van der Waals surface area contributed by atoms with Crippen LogP contribution in [0.25, 0.3) is 5.57 Å². The second kappa shape index (κ2) is 6.54. The van der Waals surface area contributed by atoms with Crippen molar-refractivity contribution < 1.29 is 13.2 Å². The van der Waals surface area contributed by atoms with Crippen LogP contribution in [0.4, 0.5) is 18.9 Å². The lowest BCUT2D eigenvalue weighted by molar-refractivity contribution is -0.137. The molecule has 2 nitrogen and oxygen atoms in total. The highest BCUT2D eigenvalue weighted by molar-refractivity contribution is 6.30. The van der Waals surface area contributed by atoms with Crippen molar-refractivity contribution >= 4 is 22.9 Å². The molecule has 0 saturated carbocycles. The quantitative estimate of drug-likeness (QED) is 0.775. The molecule has 2 aromatic carbocycles. The minimum Gasteiger partial charge on any atom is -0.360 e. The summed E-state index contributed by atoms with van der Waals surface area (Å²) in [4.78, 5) is 0. The number of nitriles is 1. The van der Waals surface area contributed by atoms with Gasteiger partial charge in [-0.25, -0.2) is 0 Å². The van der Waals surface area contributed by atoms with Crippen molar-refractivity contribution in [3.05, 3.63) is 70.9 Å². The molecule has 0 bridgehead atoms. The molecule has 2 aromatic rings. The van der Waals surface area contributed by atoms with Gasteiger partial charge in [-0.05, 0) is 35.9 Å². The fourth-order valence-corrected chi connectivity index (χ4v) is 1.88. The summed E-state index contributed by atoms with van der Waals surface area (Å²) in [6, 6.07) is 13.3. The van der Waals surface area contributed by atoms with Gasteiger partial charge in [-0.2, -0.15) is 18.4 Å². The summed E-state index contributed by atoms with van der Waals surface area (Å²) in [7, 11) is 0. The molecule has 22 heavy (non-hydrogen) atoms. The summed E-state index contributed by atoms with van der Waals surface area (Å²) in [6.07, 6.45) is -3.05. The van der Waals surface area contributed by atoms with Gasteiger partial charge in [0.15, 0.2) is 0 Å². The van der Waals surface area contributed by atoms with E-state index in [1.807, 2.05) is 6.07 Å². The fraction of sp³-hybridized carbons (Fsp3) is 0.0625. The van der Waals surface area contributed by atoms with Crippen LogP contribution in [0.2, 0.25) is 5.02 Å². The van der Waals surface area contributed by atoms with Crippen LogP contribution >= 0.6 is 11.6 Å². The highest BCUT2D eigenvalue weighted by Gasteiger charge is 2.30. The Kier molecular flexibility index (Phi) is 4.74. The molecular weight excluding hydrogens is 313 g/mol. The number of hydrogen-bond acceptors (Lipinski definition) is 2. The molecule has 0 fully saturated rings. The Bertz CT molecular complexity index is 728. The summed E-state index contributed by atoms with van der Waals surface area (Å²) < 4.78 is 37.9. The summed E-state index contributed by atoms with van der Waals surface area (Å²) in [6.45, 7) is 0. The van der Waals surface area contributed by atoms with Crippen molar-refractivity contribution in [3.8, 4) is 6.07 Å². The highest BCUT2D eigenvalue weighted by Crippen LogP contribution is 2.30. The van der Waals surface area contributed by atoms with E-state index in [1.54, 1.807) is 24.3 Å². The third-order valence-corrected chi connectivity index (χ3v) is 3.10. The SMILES string of the molecule is N#CC(=CNc1cccc(C(F)(F)F)c1)c1ccc(Cl)cc1. The maximum absolute atomic E-state index is 12.6. The lowest BCUT2D eigenvalue weighted by atomic mass is 10.1. The van der Waals surface area contributed by atoms with E-state index in [0.717, 1.165) is 12.1 Å². The van der Waals surface area contributed by atoms with E-state index >= 15 is 0 Å². The third-order valence-electron chi connectivity index (χ3n) is 2.85. The maximum Gasteiger partial charge on any atom is 0.416 e. The molecule has 0 spiro atoms. The number of nitrogens with one attached hydrogen (secondary N) is 1. The topological polar surface area (TPSA) is 35.8 Å². The molecule has 0 saturated heterocycles. The number of allylic oxidation sites excluding steroid dienone is 1. The van der Waals surface area contributed by atoms with Gasteiger partial charge in [-0.3, -0.25) is 0 Å². The summed E-state index contributed by atoms with van der Waals surface area (Å²) >= 11 is 5.77. The normalized spacial score (nSPS) is 11.9. The van der Waals surface area contributed by atoms with Crippen molar-refractivity contribution in [2.24, 2.45) is 0 Å². The van der Waals surface area contributed by atoms with Gasteiger partial charge in [0.25, 0.3) is 0 Å². The van der Waals surface area contributed by atoms with Gasteiger partial charge in [0, 0.05) is 16.9 Å². The lowest BCUT2D eigenvalue weighted by Crippen LogP contribution is -2.05. The molecule has 0 aromatic heterocycles. The van der Waals surface area contributed by atoms with Gasteiger partial charge in [-0.1, -0.05) is 29.8 Å². The Morgan fingerprint density at radius 3 is 2.41 bits per heavy atom. The van der Waals surface area contributed by atoms with Gasteiger partial charge in [0.2, 0.25) is 0 Å². The van der Waals surface area contributed by atoms with Crippen molar-refractivity contribution in [3.63, 3.8) is 0 Å². The molecule has 112 valence electrons. The summed E-state index contributed by atoms with van der Waals surface area (Å²) in [5.74, 6) is 0. The first-order valence-corrected chi connectivity index (χ1v) is 6.58. The largest absolute Gasteiger partial charge is 0.416 e. The summed E-state index contributed by atoms with van der Waals surface area (Å²) in [5.41, 5.74) is 0.396. The van der Waals surface area contributed by atoms with Gasteiger partial charge in [-0.15, -0.1) is 0 Å². The molecule has 0 unspecified atom stereocenters. The van der Waals surface area contributed by atoms with Crippen LogP contribution < -0.4 is 5.32 Å². The number of halogens is 4. The van der Waals surface area contributed by atoms with Crippen molar-refractivity contribution in [2.75, 3.05) is 5.32 Å². The van der Waals surface area contributed by atoms with E-state index in [4.69, 9.17) is 16.9 Å². The maximum atomic E-state index is 12.6. The molecule has 0 heterocycles. The zero-order chi connectivity index (χ0) is 16.2. The van der Waals surface area contributed by atoms with E-state index in [0.29, 0.717) is 10.6 Å². The smallest absolute Gasteiger partial charge is 0.360 e.